The van der Waals surface area contributed by atoms with Gasteiger partial charge < -0.3 is 9.88 Å². The predicted octanol–water partition coefficient (Wildman–Crippen LogP) is 4.02. The molecule has 3 heterocycles. The van der Waals surface area contributed by atoms with E-state index in [1.165, 1.54) is 10.4 Å². The highest BCUT2D eigenvalue weighted by Crippen LogP contribution is 2.29. The van der Waals surface area contributed by atoms with Crippen LogP contribution >= 0.6 is 0 Å². The zero-order valence-corrected chi connectivity index (χ0v) is 23.4. The summed E-state index contributed by atoms with van der Waals surface area (Å²) in [5.74, 6) is -0.488. The number of nitriles is 1. The van der Waals surface area contributed by atoms with Crippen LogP contribution in [0.4, 0.5) is 0 Å². The maximum absolute atomic E-state index is 13.4. The van der Waals surface area contributed by atoms with Gasteiger partial charge in [0.1, 0.15) is 17.3 Å². The van der Waals surface area contributed by atoms with Crippen LogP contribution in [-0.4, -0.2) is 57.6 Å². The molecular weight excluding hydrogens is 538 g/mol. The maximum Gasteiger partial charge on any atom is 0.261 e. The highest BCUT2D eigenvalue weighted by atomic mass is 32.2. The fraction of sp³-hybridized carbons (Fsp3) is 0.267. The Morgan fingerprint density at radius 2 is 1.88 bits per heavy atom. The van der Waals surface area contributed by atoms with Crippen molar-refractivity contribution in [1.29, 1.82) is 5.26 Å². The number of benzene rings is 2. The van der Waals surface area contributed by atoms with Gasteiger partial charge in [0.05, 0.1) is 16.9 Å². The van der Waals surface area contributed by atoms with E-state index in [2.05, 4.69) is 10.3 Å². The minimum absolute atomic E-state index is 0.0708. The number of carbonyl (C=O) groups excluding carboxylic acids is 1. The SMILES string of the molecule is N#C/C(=C\c1cn(-c2ccccc2)nc1-c1cccc(S(=O)(=O)N2CCCCC2)c1)C(=O)NCCCn1ccnc1. The molecule has 41 heavy (non-hydrogen) atoms. The summed E-state index contributed by atoms with van der Waals surface area (Å²) in [5, 5.41) is 17.4. The second-order valence-electron chi connectivity index (χ2n) is 9.79. The molecule has 0 aliphatic carbocycles. The third kappa shape index (κ3) is 6.62. The molecule has 1 saturated heterocycles. The number of amides is 1. The second-order valence-corrected chi connectivity index (χ2v) is 11.7. The van der Waals surface area contributed by atoms with Crippen LogP contribution in [0.15, 0.2) is 90.0 Å². The Morgan fingerprint density at radius 3 is 2.61 bits per heavy atom. The standard InChI is InChI=1S/C30H31N7O3S/c31-21-25(30(38)33-13-8-15-35-18-14-32-23-35)19-26-22-37(27-10-3-1-4-11-27)34-29(26)24-9-7-12-28(20-24)41(39,40)36-16-5-2-6-17-36/h1,3-4,7,9-12,14,18-20,22-23H,2,5-6,8,13,15-17H2,(H,33,38)/b25-19+. The van der Waals surface area contributed by atoms with Gasteiger partial charge in [-0.25, -0.2) is 18.1 Å². The quantitative estimate of drug-likeness (QED) is 0.175. The van der Waals surface area contributed by atoms with Crippen LogP contribution in [0, 0.1) is 11.3 Å². The Hall–Kier alpha value is -4.53. The van der Waals surface area contributed by atoms with Gasteiger partial charge in [-0.2, -0.15) is 14.7 Å². The van der Waals surface area contributed by atoms with Gasteiger partial charge in [-0.1, -0.05) is 36.8 Å². The lowest BCUT2D eigenvalue weighted by Gasteiger charge is -2.26. The molecule has 0 spiro atoms. The molecule has 0 saturated carbocycles. The van der Waals surface area contributed by atoms with Crippen molar-refractivity contribution in [1.82, 2.24) is 29.0 Å². The number of piperidine rings is 1. The Morgan fingerprint density at radius 1 is 1.07 bits per heavy atom. The number of hydrogen-bond donors (Lipinski definition) is 1. The van der Waals surface area contributed by atoms with Crippen LogP contribution in [0.1, 0.15) is 31.2 Å². The van der Waals surface area contributed by atoms with E-state index >= 15 is 0 Å². The van der Waals surface area contributed by atoms with E-state index in [1.807, 2.05) is 47.2 Å². The highest BCUT2D eigenvalue weighted by molar-refractivity contribution is 7.89. The number of aryl methyl sites for hydroxylation is 1. The van der Waals surface area contributed by atoms with Crippen molar-refractivity contribution in [3.63, 3.8) is 0 Å². The number of imidazole rings is 1. The van der Waals surface area contributed by atoms with Crippen LogP contribution < -0.4 is 5.32 Å². The van der Waals surface area contributed by atoms with E-state index in [-0.39, 0.29) is 10.5 Å². The summed E-state index contributed by atoms with van der Waals surface area (Å²) in [6, 6.07) is 18.1. The second kappa shape index (κ2) is 12.8. The Labute approximate surface area is 239 Å². The maximum atomic E-state index is 13.4. The zero-order chi connectivity index (χ0) is 28.7. The predicted molar refractivity (Wildman–Crippen MR) is 155 cm³/mol. The van der Waals surface area contributed by atoms with Gasteiger partial charge in [0, 0.05) is 55.9 Å². The van der Waals surface area contributed by atoms with Crippen molar-refractivity contribution in [3.05, 3.63) is 90.7 Å². The summed E-state index contributed by atoms with van der Waals surface area (Å²) in [4.78, 5) is 17.1. The Balaban J connectivity index is 1.45. The van der Waals surface area contributed by atoms with Crippen molar-refractivity contribution in [2.75, 3.05) is 19.6 Å². The van der Waals surface area contributed by atoms with E-state index in [1.54, 1.807) is 47.7 Å². The van der Waals surface area contributed by atoms with Gasteiger partial charge >= 0.3 is 0 Å². The largest absolute Gasteiger partial charge is 0.351 e. The van der Waals surface area contributed by atoms with Gasteiger partial charge in [0.15, 0.2) is 0 Å². The molecule has 11 heteroatoms. The van der Waals surface area contributed by atoms with Crippen molar-refractivity contribution in [2.45, 2.75) is 37.1 Å². The number of nitrogens with zero attached hydrogens (tertiary/aromatic N) is 6. The summed E-state index contributed by atoms with van der Waals surface area (Å²) in [5.41, 5.74) is 2.27. The van der Waals surface area contributed by atoms with Gasteiger partial charge in [-0.15, -0.1) is 0 Å². The molecule has 0 radical (unpaired) electrons. The smallest absolute Gasteiger partial charge is 0.261 e. The number of aromatic nitrogens is 4. The fourth-order valence-corrected chi connectivity index (χ4v) is 6.33. The number of nitrogens with one attached hydrogen (secondary N) is 1. The van der Waals surface area contributed by atoms with Gasteiger partial charge in [0.2, 0.25) is 10.0 Å². The molecule has 0 bridgehead atoms. The lowest BCUT2D eigenvalue weighted by atomic mass is 10.1. The molecule has 1 fully saturated rings. The first-order valence-corrected chi connectivity index (χ1v) is 15.0. The van der Waals surface area contributed by atoms with Crippen molar-refractivity contribution in [3.8, 4) is 23.0 Å². The molecule has 1 N–H and O–H groups in total. The van der Waals surface area contributed by atoms with Crippen LogP contribution in [-0.2, 0) is 21.4 Å². The average Bonchev–Trinajstić information content (AvgIpc) is 3.69. The van der Waals surface area contributed by atoms with Crippen LogP contribution in [0.2, 0.25) is 0 Å². The van der Waals surface area contributed by atoms with E-state index in [4.69, 9.17) is 5.10 Å². The molecule has 1 aliphatic heterocycles. The van der Waals surface area contributed by atoms with Crippen molar-refractivity contribution in [2.24, 2.45) is 0 Å². The molecule has 2 aromatic heterocycles. The number of sulfonamides is 1. The summed E-state index contributed by atoms with van der Waals surface area (Å²) in [6.07, 6.45) is 11.9. The van der Waals surface area contributed by atoms with E-state index in [9.17, 15) is 18.5 Å². The lowest BCUT2D eigenvalue weighted by Crippen LogP contribution is -2.35. The fourth-order valence-electron chi connectivity index (χ4n) is 4.77. The average molecular weight is 570 g/mol. The minimum Gasteiger partial charge on any atom is -0.351 e. The Bertz CT molecular complexity index is 1660. The molecule has 0 atom stereocenters. The molecule has 2 aromatic carbocycles. The molecular formula is C30H31N7O3S. The molecule has 0 unspecified atom stereocenters. The summed E-state index contributed by atoms with van der Waals surface area (Å²) in [7, 11) is -3.66. The molecule has 210 valence electrons. The lowest BCUT2D eigenvalue weighted by molar-refractivity contribution is -0.117. The van der Waals surface area contributed by atoms with Crippen molar-refractivity contribution < 1.29 is 13.2 Å². The number of hydrogen-bond acceptors (Lipinski definition) is 6. The number of para-hydroxylation sites is 1. The van der Waals surface area contributed by atoms with E-state index in [0.717, 1.165) is 24.9 Å². The first kappa shape index (κ1) is 28.0. The summed E-state index contributed by atoms with van der Waals surface area (Å²) in [6.45, 7) is 2.09. The van der Waals surface area contributed by atoms with Gasteiger partial charge in [-0.05, 0) is 49.6 Å². The monoisotopic (exact) mass is 569 g/mol. The number of rotatable bonds is 10. The summed E-state index contributed by atoms with van der Waals surface area (Å²) < 4.78 is 31.9. The third-order valence-electron chi connectivity index (χ3n) is 6.93. The van der Waals surface area contributed by atoms with Gasteiger partial charge in [-0.3, -0.25) is 4.79 Å². The molecule has 4 aromatic rings. The molecule has 5 rings (SSSR count). The van der Waals surface area contributed by atoms with Crippen LogP contribution in [0.3, 0.4) is 0 Å². The molecule has 10 nitrogen and oxygen atoms in total. The van der Waals surface area contributed by atoms with Gasteiger partial charge in [0.25, 0.3) is 5.91 Å². The van der Waals surface area contributed by atoms with Crippen molar-refractivity contribution >= 4 is 22.0 Å². The molecule has 1 aliphatic rings. The van der Waals surface area contributed by atoms with Crippen LogP contribution in [0.5, 0.6) is 0 Å². The zero-order valence-electron chi connectivity index (χ0n) is 22.6. The number of carbonyl (C=O) groups is 1. The van der Waals surface area contributed by atoms with Crippen LogP contribution in [0.25, 0.3) is 23.0 Å². The summed E-state index contributed by atoms with van der Waals surface area (Å²) >= 11 is 0. The topological polar surface area (TPSA) is 126 Å². The first-order valence-electron chi connectivity index (χ1n) is 13.6. The minimum atomic E-state index is -3.66. The van der Waals surface area contributed by atoms with E-state index < -0.39 is 15.9 Å². The highest BCUT2D eigenvalue weighted by Gasteiger charge is 2.26. The third-order valence-corrected chi connectivity index (χ3v) is 8.82. The Kier molecular flexibility index (Phi) is 8.72. The normalized spacial score (nSPS) is 14.5. The first-order chi connectivity index (χ1) is 20.0. The molecule has 1 amide bonds. The van der Waals surface area contributed by atoms with E-state index in [0.29, 0.717) is 49.4 Å².